The Labute approximate surface area is 189 Å². The number of nitrogens with one attached hydrogen (secondary N) is 1. The van der Waals surface area contributed by atoms with Crippen LogP contribution in [0.5, 0.6) is 0 Å². The molecular formula is C27H28N4O. The van der Waals surface area contributed by atoms with E-state index in [4.69, 9.17) is 0 Å². The number of amides is 1. The quantitative estimate of drug-likeness (QED) is 0.587. The molecule has 4 rings (SSSR count). The molecule has 3 aromatic rings. The maximum Gasteiger partial charge on any atom is 0.219 e. The van der Waals surface area contributed by atoms with Gasteiger partial charge in [-0.05, 0) is 59.9 Å². The van der Waals surface area contributed by atoms with Crippen molar-refractivity contribution in [1.82, 2.24) is 14.9 Å². The van der Waals surface area contributed by atoms with Gasteiger partial charge in [0, 0.05) is 44.0 Å². The number of carbonyl (C=O) groups is 1. The van der Waals surface area contributed by atoms with E-state index in [2.05, 4.69) is 58.3 Å². The molecular weight excluding hydrogens is 396 g/mol. The summed E-state index contributed by atoms with van der Waals surface area (Å²) in [6.07, 6.45) is 7.35. The molecule has 1 N–H and O–H groups in total. The van der Waals surface area contributed by atoms with Gasteiger partial charge in [0.05, 0.1) is 17.6 Å². The molecule has 3 heterocycles. The van der Waals surface area contributed by atoms with Gasteiger partial charge in [-0.3, -0.25) is 14.8 Å². The zero-order chi connectivity index (χ0) is 22.5. The second-order valence-electron chi connectivity index (χ2n) is 8.16. The summed E-state index contributed by atoms with van der Waals surface area (Å²) in [6, 6.07) is 16.7. The molecule has 0 atom stereocenters. The Bertz CT molecular complexity index is 1150. The van der Waals surface area contributed by atoms with Gasteiger partial charge in [-0.25, -0.2) is 0 Å². The molecule has 162 valence electrons. The highest BCUT2D eigenvalue weighted by atomic mass is 16.2. The lowest BCUT2D eigenvalue weighted by Gasteiger charge is -2.25. The highest BCUT2D eigenvalue weighted by molar-refractivity contribution is 5.75. The summed E-state index contributed by atoms with van der Waals surface area (Å²) in [5.74, 6) is 0.119. The summed E-state index contributed by atoms with van der Waals surface area (Å²) in [5.41, 5.74) is 8.56. The zero-order valence-corrected chi connectivity index (χ0v) is 18.6. The third-order valence-corrected chi connectivity index (χ3v) is 5.67. The molecule has 0 unspecified atom stereocenters. The zero-order valence-electron chi connectivity index (χ0n) is 18.6. The van der Waals surface area contributed by atoms with E-state index in [0.29, 0.717) is 6.54 Å². The normalized spacial score (nSPS) is 13.4. The average Bonchev–Trinajstić information content (AvgIpc) is 2.80. The van der Waals surface area contributed by atoms with Crippen molar-refractivity contribution in [1.29, 1.82) is 0 Å². The third kappa shape index (κ3) is 5.30. The summed E-state index contributed by atoms with van der Waals surface area (Å²) < 4.78 is 0. The number of allylic oxidation sites excluding steroid dienone is 1. The van der Waals surface area contributed by atoms with Crippen LogP contribution in [0.1, 0.15) is 30.3 Å². The number of nitrogens with zero attached hydrogens (tertiary/aromatic N) is 3. The molecule has 0 radical (unpaired) electrons. The molecule has 0 bridgehead atoms. The molecule has 0 saturated heterocycles. The van der Waals surface area contributed by atoms with Gasteiger partial charge in [0.15, 0.2) is 0 Å². The van der Waals surface area contributed by atoms with Crippen molar-refractivity contribution in [2.75, 3.05) is 18.4 Å². The molecule has 1 aliphatic rings. The maximum absolute atomic E-state index is 11.5. The van der Waals surface area contributed by atoms with E-state index in [0.717, 1.165) is 42.2 Å². The fourth-order valence-corrected chi connectivity index (χ4v) is 3.88. The highest BCUT2D eigenvalue weighted by Crippen LogP contribution is 2.23. The Morgan fingerprint density at radius 3 is 2.53 bits per heavy atom. The number of aromatic nitrogens is 2. The maximum atomic E-state index is 11.5. The standard InChI is InChI=1S/C27H28N4O/c1-19-17-25(10-13-28-19)23-6-4-22(5-7-23)16-20(2)30-26-8-9-27(29-18-26)24-11-14-31(15-12-24)21(3)32/h4-11,13,17-18,30H,2,12,14-16H2,1,3H3. The molecule has 1 amide bonds. The predicted molar refractivity (Wildman–Crippen MR) is 130 cm³/mol. The minimum absolute atomic E-state index is 0.119. The minimum Gasteiger partial charge on any atom is -0.358 e. The van der Waals surface area contributed by atoms with Gasteiger partial charge in [0.1, 0.15) is 0 Å². The third-order valence-electron chi connectivity index (χ3n) is 5.67. The Kier molecular flexibility index (Phi) is 6.45. The minimum atomic E-state index is 0.119. The van der Waals surface area contributed by atoms with Crippen LogP contribution in [0.15, 0.2) is 79.3 Å². The van der Waals surface area contributed by atoms with Crippen molar-refractivity contribution >= 4 is 17.2 Å². The van der Waals surface area contributed by atoms with Crippen LogP contribution >= 0.6 is 0 Å². The van der Waals surface area contributed by atoms with Crippen molar-refractivity contribution in [3.63, 3.8) is 0 Å². The second kappa shape index (κ2) is 9.60. The first-order chi connectivity index (χ1) is 15.5. The molecule has 5 nitrogen and oxygen atoms in total. The summed E-state index contributed by atoms with van der Waals surface area (Å²) >= 11 is 0. The van der Waals surface area contributed by atoms with E-state index in [1.54, 1.807) is 6.92 Å². The predicted octanol–water partition coefficient (Wildman–Crippen LogP) is 5.26. The van der Waals surface area contributed by atoms with Gasteiger partial charge in [-0.15, -0.1) is 0 Å². The molecule has 0 saturated carbocycles. The summed E-state index contributed by atoms with van der Waals surface area (Å²) in [6.45, 7) is 9.20. The first-order valence-electron chi connectivity index (χ1n) is 10.9. The molecule has 0 spiro atoms. The van der Waals surface area contributed by atoms with Crippen LogP contribution in [-0.2, 0) is 11.2 Å². The first-order valence-corrected chi connectivity index (χ1v) is 10.9. The molecule has 1 aliphatic heterocycles. The van der Waals surface area contributed by atoms with Crippen molar-refractivity contribution in [2.45, 2.75) is 26.7 Å². The van der Waals surface area contributed by atoms with Crippen LogP contribution in [0.4, 0.5) is 5.69 Å². The van der Waals surface area contributed by atoms with Gasteiger partial charge in [0.25, 0.3) is 0 Å². The van der Waals surface area contributed by atoms with Crippen molar-refractivity contribution in [2.24, 2.45) is 0 Å². The van der Waals surface area contributed by atoms with E-state index < -0.39 is 0 Å². The second-order valence-corrected chi connectivity index (χ2v) is 8.16. The van der Waals surface area contributed by atoms with E-state index in [-0.39, 0.29) is 5.91 Å². The Morgan fingerprint density at radius 2 is 1.91 bits per heavy atom. The van der Waals surface area contributed by atoms with E-state index in [1.165, 1.54) is 22.3 Å². The van der Waals surface area contributed by atoms with Crippen LogP contribution in [0.3, 0.4) is 0 Å². The smallest absolute Gasteiger partial charge is 0.219 e. The van der Waals surface area contributed by atoms with Crippen molar-refractivity contribution in [3.05, 3.63) is 96.2 Å². The fraction of sp³-hybridized carbons (Fsp3) is 0.222. The van der Waals surface area contributed by atoms with E-state index >= 15 is 0 Å². The Hall–Kier alpha value is -3.73. The first kappa shape index (κ1) is 21.5. The number of pyridine rings is 2. The summed E-state index contributed by atoms with van der Waals surface area (Å²) in [5, 5.41) is 3.36. The number of rotatable bonds is 6. The Morgan fingerprint density at radius 1 is 1.09 bits per heavy atom. The fourth-order valence-electron chi connectivity index (χ4n) is 3.88. The summed E-state index contributed by atoms with van der Waals surface area (Å²) in [4.78, 5) is 22.2. The van der Waals surface area contributed by atoms with E-state index in [1.807, 2.05) is 42.4 Å². The van der Waals surface area contributed by atoms with Crippen molar-refractivity contribution < 1.29 is 4.79 Å². The van der Waals surface area contributed by atoms with Crippen molar-refractivity contribution in [3.8, 4) is 11.1 Å². The number of hydrogen-bond acceptors (Lipinski definition) is 4. The molecule has 1 aromatic carbocycles. The van der Waals surface area contributed by atoms with Crippen LogP contribution in [0.25, 0.3) is 16.7 Å². The highest BCUT2D eigenvalue weighted by Gasteiger charge is 2.15. The largest absolute Gasteiger partial charge is 0.358 e. The number of anilines is 1. The van der Waals surface area contributed by atoms with Crippen LogP contribution in [0.2, 0.25) is 0 Å². The number of aryl methyl sites for hydroxylation is 1. The van der Waals surface area contributed by atoms with E-state index in [9.17, 15) is 4.79 Å². The van der Waals surface area contributed by atoms with Crippen LogP contribution in [-0.4, -0.2) is 33.9 Å². The van der Waals surface area contributed by atoms with Gasteiger partial charge in [-0.1, -0.05) is 36.9 Å². The van der Waals surface area contributed by atoms with Gasteiger partial charge in [-0.2, -0.15) is 0 Å². The SMILES string of the molecule is C=C(Cc1ccc(-c2ccnc(C)c2)cc1)Nc1ccc(C2=CCN(C(C)=O)CC2)nc1. The number of benzene rings is 1. The lowest BCUT2D eigenvalue weighted by Crippen LogP contribution is -2.32. The number of hydrogen-bond donors (Lipinski definition) is 1. The molecule has 32 heavy (non-hydrogen) atoms. The lowest BCUT2D eigenvalue weighted by molar-refractivity contribution is -0.128. The van der Waals surface area contributed by atoms with Crippen LogP contribution < -0.4 is 5.32 Å². The van der Waals surface area contributed by atoms with Gasteiger partial charge >= 0.3 is 0 Å². The molecule has 5 heteroatoms. The van der Waals surface area contributed by atoms with Crippen LogP contribution in [0, 0.1) is 6.92 Å². The van der Waals surface area contributed by atoms with Gasteiger partial charge < -0.3 is 10.2 Å². The summed E-state index contributed by atoms with van der Waals surface area (Å²) in [7, 11) is 0. The molecule has 0 aliphatic carbocycles. The topological polar surface area (TPSA) is 58.1 Å². The van der Waals surface area contributed by atoms with Gasteiger partial charge in [0.2, 0.25) is 5.91 Å². The molecule has 0 fully saturated rings. The Balaban J connectivity index is 1.34. The number of carbonyl (C=O) groups excluding carboxylic acids is 1. The average molecular weight is 425 g/mol. The monoisotopic (exact) mass is 424 g/mol. The molecule has 2 aromatic heterocycles. The lowest BCUT2D eigenvalue weighted by atomic mass is 10.0.